The highest BCUT2D eigenvalue weighted by Gasteiger charge is 2.14. The monoisotopic (exact) mass is 399 g/mol. The Morgan fingerprint density at radius 2 is 1.75 bits per heavy atom. The van der Waals surface area contributed by atoms with E-state index in [9.17, 15) is 4.79 Å². The van der Waals surface area contributed by atoms with Crippen molar-refractivity contribution in [3.63, 3.8) is 0 Å². The van der Waals surface area contributed by atoms with Gasteiger partial charge in [-0.2, -0.15) is 0 Å². The minimum atomic E-state index is -0.208. The molecule has 3 rings (SSSR count). The quantitative estimate of drug-likeness (QED) is 0.465. The van der Waals surface area contributed by atoms with Gasteiger partial charge in [0, 0.05) is 29.4 Å². The number of hydrogen-bond donors (Lipinski definition) is 2. The van der Waals surface area contributed by atoms with Gasteiger partial charge in [0.05, 0.1) is 20.0 Å². The lowest BCUT2D eigenvalue weighted by Gasteiger charge is -2.09. The maximum absolute atomic E-state index is 12.3. The number of carbonyl (C=O) groups excluding carboxylic acids is 1. The number of rotatable bonds is 7. The standard InChI is InChI=1S/C19H21N5O3S/c1-12-4-6-13(7-5-12)18-22-23-19(24(18)20)28-11-17(25)21-14-8-15(26-2)10-16(9-14)27-3/h4-10H,11,20H2,1-3H3,(H,21,25). The fraction of sp³-hybridized carbons (Fsp3) is 0.211. The summed E-state index contributed by atoms with van der Waals surface area (Å²) >= 11 is 1.20. The van der Waals surface area contributed by atoms with Crippen molar-refractivity contribution in [3.05, 3.63) is 48.0 Å². The van der Waals surface area contributed by atoms with Gasteiger partial charge in [-0.25, -0.2) is 4.68 Å². The summed E-state index contributed by atoms with van der Waals surface area (Å²) < 4.78 is 11.8. The zero-order chi connectivity index (χ0) is 20.1. The molecule has 9 heteroatoms. The van der Waals surface area contributed by atoms with Crippen LogP contribution in [-0.4, -0.2) is 40.8 Å². The molecule has 0 saturated heterocycles. The van der Waals surface area contributed by atoms with Gasteiger partial charge in [0.15, 0.2) is 5.82 Å². The number of aryl methyl sites for hydroxylation is 1. The number of nitrogen functional groups attached to an aromatic ring is 1. The van der Waals surface area contributed by atoms with Crippen LogP contribution in [0.1, 0.15) is 5.56 Å². The number of nitrogens with zero attached hydrogens (tertiary/aromatic N) is 3. The lowest BCUT2D eigenvalue weighted by atomic mass is 10.1. The summed E-state index contributed by atoms with van der Waals surface area (Å²) in [4.78, 5) is 12.3. The second kappa shape index (κ2) is 8.66. The van der Waals surface area contributed by atoms with E-state index in [4.69, 9.17) is 15.3 Å². The molecule has 2 aromatic carbocycles. The summed E-state index contributed by atoms with van der Waals surface area (Å²) in [7, 11) is 3.10. The van der Waals surface area contributed by atoms with E-state index in [1.54, 1.807) is 32.4 Å². The topological polar surface area (TPSA) is 104 Å². The van der Waals surface area contributed by atoms with Crippen molar-refractivity contribution in [2.24, 2.45) is 0 Å². The number of aromatic nitrogens is 3. The number of amides is 1. The molecule has 1 aromatic heterocycles. The van der Waals surface area contributed by atoms with Crippen molar-refractivity contribution in [3.8, 4) is 22.9 Å². The summed E-state index contributed by atoms with van der Waals surface area (Å²) in [6.45, 7) is 2.01. The van der Waals surface area contributed by atoms with Crippen LogP contribution in [0.2, 0.25) is 0 Å². The molecule has 0 aliphatic heterocycles. The molecule has 0 saturated carbocycles. The normalized spacial score (nSPS) is 10.5. The van der Waals surface area contributed by atoms with Crippen LogP contribution in [0.15, 0.2) is 47.6 Å². The van der Waals surface area contributed by atoms with Crippen LogP contribution in [-0.2, 0) is 4.79 Å². The third-order valence-corrected chi connectivity index (χ3v) is 4.88. The smallest absolute Gasteiger partial charge is 0.234 e. The highest BCUT2D eigenvalue weighted by Crippen LogP contribution is 2.26. The zero-order valence-corrected chi connectivity index (χ0v) is 16.6. The largest absolute Gasteiger partial charge is 0.497 e. The minimum Gasteiger partial charge on any atom is -0.497 e. The summed E-state index contributed by atoms with van der Waals surface area (Å²) in [5.41, 5.74) is 2.59. The minimum absolute atomic E-state index is 0.128. The number of anilines is 1. The fourth-order valence-electron chi connectivity index (χ4n) is 2.48. The number of nitrogens with one attached hydrogen (secondary N) is 1. The highest BCUT2D eigenvalue weighted by atomic mass is 32.2. The van der Waals surface area contributed by atoms with Crippen LogP contribution in [0.3, 0.4) is 0 Å². The number of ether oxygens (including phenoxy) is 2. The Hall–Kier alpha value is -3.20. The molecule has 1 heterocycles. The molecular formula is C19H21N5O3S. The summed E-state index contributed by atoms with van der Waals surface area (Å²) in [5, 5.41) is 11.5. The first kappa shape index (κ1) is 19.6. The predicted molar refractivity (Wildman–Crippen MR) is 109 cm³/mol. The van der Waals surface area contributed by atoms with Crippen molar-refractivity contribution in [1.29, 1.82) is 0 Å². The van der Waals surface area contributed by atoms with E-state index in [0.717, 1.165) is 11.1 Å². The van der Waals surface area contributed by atoms with Crippen molar-refractivity contribution < 1.29 is 14.3 Å². The molecule has 3 N–H and O–H groups in total. The van der Waals surface area contributed by atoms with Crippen molar-refractivity contribution in [2.45, 2.75) is 12.1 Å². The Balaban J connectivity index is 1.64. The zero-order valence-electron chi connectivity index (χ0n) is 15.8. The number of hydrogen-bond acceptors (Lipinski definition) is 7. The second-order valence-electron chi connectivity index (χ2n) is 5.98. The van der Waals surface area contributed by atoms with E-state index < -0.39 is 0 Å². The van der Waals surface area contributed by atoms with E-state index >= 15 is 0 Å². The Labute approximate surface area is 167 Å². The average molecular weight is 399 g/mol. The maximum atomic E-state index is 12.3. The highest BCUT2D eigenvalue weighted by molar-refractivity contribution is 7.99. The van der Waals surface area contributed by atoms with E-state index in [1.807, 2.05) is 31.2 Å². The van der Waals surface area contributed by atoms with E-state index in [0.29, 0.717) is 28.2 Å². The molecule has 1 amide bonds. The Kier molecular flexibility index (Phi) is 6.05. The maximum Gasteiger partial charge on any atom is 0.234 e. The van der Waals surface area contributed by atoms with Crippen molar-refractivity contribution in [1.82, 2.24) is 14.9 Å². The Morgan fingerprint density at radius 3 is 2.36 bits per heavy atom. The van der Waals surface area contributed by atoms with Crippen LogP contribution in [0.25, 0.3) is 11.4 Å². The Bertz CT molecular complexity index is 950. The van der Waals surface area contributed by atoms with Gasteiger partial charge in [0.25, 0.3) is 0 Å². The van der Waals surface area contributed by atoms with Gasteiger partial charge in [-0.1, -0.05) is 41.6 Å². The van der Waals surface area contributed by atoms with Crippen molar-refractivity contribution >= 4 is 23.4 Å². The molecule has 0 aliphatic carbocycles. The molecule has 8 nitrogen and oxygen atoms in total. The van der Waals surface area contributed by atoms with Gasteiger partial charge in [-0.05, 0) is 6.92 Å². The molecule has 0 aliphatic rings. The van der Waals surface area contributed by atoms with Crippen LogP contribution in [0.5, 0.6) is 11.5 Å². The van der Waals surface area contributed by atoms with Gasteiger partial charge < -0.3 is 20.6 Å². The van der Waals surface area contributed by atoms with Gasteiger partial charge >= 0.3 is 0 Å². The van der Waals surface area contributed by atoms with Crippen LogP contribution in [0, 0.1) is 6.92 Å². The third kappa shape index (κ3) is 4.55. The average Bonchev–Trinajstić information content (AvgIpc) is 3.07. The first-order valence-electron chi connectivity index (χ1n) is 8.43. The predicted octanol–water partition coefficient (Wildman–Crippen LogP) is 2.72. The van der Waals surface area contributed by atoms with Crippen LogP contribution in [0.4, 0.5) is 5.69 Å². The van der Waals surface area contributed by atoms with E-state index in [-0.39, 0.29) is 11.7 Å². The summed E-state index contributed by atoms with van der Waals surface area (Å²) in [6, 6.07) is 13.0. The first-order valence-corrected chi connectivity index (χ1v) is 9.42. The van der Waals surface area contributed by atoms with Gasteiger partial charge in [-0.15, -0.1) is 10.2 Å². The summed E-state index contributed by atoms with van der Waals surface area (Å²) in [5.74, 6) is 7.73. The third-order valence-electron chi connectivity index (χ3n) is 3.94. The van der Waals surface area contributed by atoms with Gasteiger partial charge in [0.1, 0.15) is 11.5 Å². The number of nitrogens with two attached hydrogens (primary N) is 1. The van der Waals surface area contributed by atoms with E-state index in [1.165, 1.54) is 16.4 Å². The van der Waals surface area contributed by atoms with Gasteiger partial charge in [0.2, 0.25) is 11.1 Å². The number of methoxy groups -OCH3 is 2. The molecule has 0 bridgehead atoms. The first-order chi connectivity index (χ1) is 13.5. The molecule has 28 heavy (non-hydrogen) atoms. The van der Waals surface area contributed by atoms with Crippen molar-refractivity contribution in [2.75, 3.05) is 31.1 Å². The summed E-state index contributed by atoms with van der Waals surface area (Å²) in [6.07, 6.45) is 0. The Morgan fingerprint density at radius 1 is 1.11 bits per heavy atom. The molecule has 3 aromatic rings. The fourth-order valence-corrected chi connectivity index (χ4v) is 3.14. The molecule has 0 spiro atoms. The molecular weight excluding hydrogens is 378 g/mol. The molecule has 0 unspecified atom stereocenters. The number of thioether (sulfide) groups is 1. The molecule has 0 fully saturated rings. The molecule has 0 atom stereocenters. The van der Waals surface area contributed by atoms with Gasteiger partial charge in [-0.3, -0.25) is 4.79 Å². The lowest BCUT2D eigenvalue weighted by molar-refractivity contribution is -0.113. The second-order valence-corrected chi connectivity index (χ2v) is 6.92. The molecule has 0 radical (unpaired) electrons. The number of benzene rings is 2. The lowest BCUT2D eigenvalue weighted by Crippen LogP contribution is -2.16. The number of carbonyl (C=O) groups is 1. The van der Waals surface area contributed by atoms with Crippen LogP contribution >= 0.6 is 11.8 Å². The molecule has 146 valence electrons. The SMILES string of the molecule is COc1cc(NC(=O)CSc2nnc(-c3ccc(C)cc3)n2N)cc(OC)c1. The van der Waals surface area contributed by atoms with E-state index in [2.05, 4.69) is 15.5 Å². The van der Waals surface area contributed by atoms with Crippen LogP contribution < -0.4 is 20.6 Å².